The van der Waals surface area contributed by atoms with Crippen molar-refractivity contribution in [3.05, 3.63) is 17.3 Å². The van der Waals surface area contributed by atoms with Crippen LogP contribution < -0.4 is 0 Å². The van der Waals surface area contributed by atoms with Gasteiger partial charge in [0.1, 0.15) is 0 Å². The predicted octanol–water partition coefficient (Wildman–Crippen LogP) is 2.56. The summed E-state index contributed by atoms with van der Waals surface area (Å²) < 4.78 is 40.7. The van der Waals surface area contributed by atoms with E-state index in [4.69, 9.17) is 0 Å². The van der Waals surface area contributed by atoms with E-state index in [1.54, 1.807) is 6.92 Å². The van der Waals surface area contributed by atoms with Crippen molar-refractivity contribution in [3.8, 4) is 0 Å². The van der Waals surface area contributed by atoms with E-state index in [2.05, 4.69) is 9.40 Å². The van der Waals surface area contributed by atoms with Crippen LogP contribution in [0.5, 0.6) is 0 Å². The maximum atomic E-state index is 12.1. The van der Waals surface area contributed by atoms with Crippen LogP contribution in [0.15, 0.2) is 4.42 Å². The number of alkyl halides is 3. The zero-order valence-corrected chi connectivity index (χ0v) is 6.70. The molecule has 0 N–H and O–H groups in total. The molecule has 0 radical (unpaired) electrons. The van der Waals surface area contributed by atoms with Crippen LogP contribution in [0.4, 0.5) is 13.2 Å². The van der Waals surface area contributed by atoms with Gasteiger partial charge in [-0.2, -0.15) is 13.2 Å². The standard InChI is InChI=1S/C7H8F3NO/c1-3-5-11-4(2)6(12-5)7(8,9)10/h3H2,1-2H3. The average Bonchev–Trinajstić information content (AvgIpc) is 2.29. The van der Waals surface area contributed by atoms with Gasteiger partial charge in [0.05, 0.1) is 5.69 Å². The summed E-state index contributed by atoms with van der Waals surface area (Å²) >= 11 is 0. The fourth-order valence-corrected chi connectivity index (χ4v) is 0.867. The van der Waals surface area contributed by atoms with Crippen LogP contribution in [0.1, 0.15) is 24.3 Å². The second-order valence-electron chi connectivity index (χ2n) is 2.37. The van der Waals surface area contributed by atoms with Crippen molar-refractivity contribution in [1.29, 1.82) is 0 Å². The van der Waals surface area contributed by atoms with Crippen molar-refractivity contribution in [2.45, 2.75) is 26.4 Å². The third kappa shape index (κ3) is 1.60. The van der Waals surface area contributed by atoms with Crippen LogP contribution in [-0.2, 0) is 12.6 Å². The molecule has 12 heavy (non-hydrogen) atoms. The maximum Gasteiger partial charge on any atom is 0.451 e. The third-order valence-corrected chi connectivity index (χ3v) is 1.40. The van der Waals surface area contributed by atoms with E-state index in [9.17, 15) is 13.2 Å². The highest BCUT2D eigenvalue weighted by Gasteiger charge is 2.37. The average molecular weight is 179 g/mol. The summed E-state index contributed by atoms with van der Waals surface area (Å²) in [5.41, 5.74) is -0.0978. The number of aryl methyl sites for hydroxylation is 2. The van der Waals surface area contributed by atoms with Gasteiger partial charge in [0.25, 0.3) is 0 Å². The highest BCUT2D eigenvalue weighted by molar-refractivity contribution is 5.11. The molecule has 0 atom stereocenters. The van der Waals surface area contributed by atoms with Gasteiger partial charge in [0, 0.05) is 6.42 Å². The number of rotatable bonds is 1. The first kappa shape index (κ1) is 9.09. The Morgan fingerprint density at radius 3 is 2.25 bits per heavy atom. The Morgan fingerprint density at radius 2 is 2.00 bits per heavy atom. The SMILES string of the molecule is CCc1nc(C)c(C(F)(F)F)o1. The van der Waals surface area contributed by atoms with Gasteiger partial charge in [-0.15, -0.1) is 0 Å². The van der Waals surface area contributed by atoms with E-state index in [0.29, 0.717) is 6.42 Å². The summed E-state index contributed by atoms with van der Waals surface area (Å²) in [7, 11) is 0. The molecular formula is C7H8F3NO. The lowest BCUT2D eigenvalue weighted by Crippen LogP contribution is -2.04. The smallest absolute Gasteiger partial charge is 0.436 e. The van der Waals surface area contributed by atoms with Crippen molar-refractivity contribution in [2.24, 2.45) is 0 Å². The Kier molecular flexibility index (Phi) is 2.12. The molecule has 1 aromatic heterocycles. The number of hydrogen-bond acceptors (Lipinski definition) is 2. The minimum Gasteiger partial charge on any atom is -0.436 e. The lowest BCUT2D eigenvalue weighted by Gasteiger charge is -2.00. The molecule has 0 unspecified atom stereocenters. The van der Waals surface area contributed by atoms with Crippen LogP contribution >= 0.6 is 0 Å². The maximum absolute atomic E-state index is 12.1. The van der Waals surface area contributed by atoms with Gasteiger partial charge in [0.2, 0.25) is 5.76 Å². The zero-order valence-electron chi connectivity index (χ0n) is 6.70. The zero-order chi connectivity index (χ0) is 9.35. The Morgan fingerprint density at radius 1 is 1.42 bits per heavy atom. The first-order chi connectivity index (χ1) is 5.45. The minimum absolute atomic E-state index is 0.0978. The monoisotopic (exact) mass is 179 g/mol. The molecule has 2 nitrogen and oxygen atoms in total. The topological polar surface area (TPSA) is 26.0 Å². The normalized spacial score (nSPS) is 12.1. The second kappa shape index (κ2) is 2.80. The lowest BCUT2D eigenvalue weighted by atomic mass is 10.4. The highest BCUT2D eigenvalue weighted by atomic mass is 19.4. The Labute approximate surface area is 67.4 Å². The first-order valence-electron chi connectivity index (χ1n) is 3.48. The fourth-order valence-electron chi connectivity index (χ4n) is 0.867. The van der Waals surface area contributed by atoms with E-state index < -0.39 is 11.9 Å². The number of hydrogen-bond donors (Lipinski definition) is 0. The Bertz CT molecular complexity index is 277. The van der Waals surface area contributed by atoms with Crippen LogP contribution in [0.25, 0.3) is 0 Å². The second-order valence-corrected chi connectivity index (χ2v) is 2.37. The van der Waals surface area contributed by atoms with Crippen LogP contribution in [0.2, 0.25) is 0 Å². The summed E-state index contributed by atoms with van der Waals surface area (Å²) in [5.74, 6) is -0.862. The summed E-state index contributed by atoms with van der Waals surface area (Å²) in [5, 5.41) is 0. The molecule has 68 valence electrons. The highest BCUT2D eigenvalue weighted by Crippen LogP contribution is 2.32. The first-order valence-corrected chi connectivity index (χ1v) is 3.48. The van der Waals surface area contributed by atoms with Crippen LogP contribution in [0.3, 0.4) is 0 Å². The Hall–Kier alpha value is -1.00. The van der Waals surface area contributed by atoms with Gasteiger partial charge >= 0.3 is 6.18 Å². The molecule has 0 aliphatic carbocycles. The summed E-state index contributed by atoms with van der Waals surface area (Å²) in [6.45, 7) is 2.97. The number of aromatic nitrogens is 1. The molecule has 1 aromatic rings. The molecule has 1 rings (SSSR count). The molecule has 0 fully saturated rings. The molecule has 0 aromatic carbocycles. The Balaban J connectivity index is 3.08. The van der Waals surface area contributed by atoms with Gasteiger partial charge in [-0.25, -0.2) is 4.98 Å². The van der Waals surface area contributed by atoms with Crippen LogP contribution in [0, 0.1) is 6.92 Å². The number of nitrogens with zero attached hydrogens (tertiary/aromatic N) is 1. The molecule has 1 heterocycles. The largest absolute Gasteiger partial charge is 0.451 e. The van der Waals surface area contributed by atoms with Gasteiger partial charge < -0.3 is 4.42 Å². The van der Waals surface area contributed by atoms with Crippen molar-refractivity contribution in [3.63, 3.8) is 0 Å². The van der Waals surface area contributed by atoms with Crippen molar-refractivity contribution in [2.75, 3.05) is 0 Å². The quantitative estimate of drug-likeness (QED) is 0.662. The molecule has 0 spiro atoms. The molecular weight excluding hydrogens is 171 g/mol. The number of oxazole rings is 1. The molecule has 0 aliphatic heterocycles. The predicted molar refractivity (Wildman–Crippen MR) is 35.6 cm³/mol. The van der Waals surface area contributed by atoms with E-state index in [1.807, 2.05) is 0 Å². The summed E-state index contributed by atoms with van der Waals surface area (Å²) in [6.07, 6.45) is -4.05. The minimum atomic E-state index is -4.43. The van der Waals surface area contributed by atoms with Crippen molar-refractivity contribution >= 4 is 0 Å². The summed E-state index contributed by atoms with van der Waals surface area (Å²) in [4.78, 5) is 3.61. The molecule has 0 amide bonds. The van der Waals surface area contributed by atoms with E-state index in [0.717, 1.165) is 0 Å². The van der Waals surface area contributed by atoms with Crippen molar-refractivity contribution in [1.82, 2.24) is 4.98 Å². The van der Waals surface area contributed by atoms with E-state index >= 15 is 0 Å². The van der Waals surface area contributed by atoms with E-state index in [1.165, 1.54) is 6.92 Å². The van der Waals surface area contributed by atoms with Crippen molar-refractivity contribution < 1.29 is 17.6 Å². The lowest BCUT2D eigenvalue weighted by molar-refractivity contribution is -0.153. The van der Waals surface area contributed by atoms with Gasteiger partial charge in [-0.05, 0) is 6.92 Å². The van der Waals surface area contributed by atoms with Gasteiger partial charge in [-0.3, -0.25) is 0 Å². The third-order valence-electron chi connectivity index (χ3n) is 1.40. The van der Waals surface area contributed by atoms with Gasteiger partial charge in [-0.1, -0.05) is 6.92 Å². The molecule has 5 heteroatoms. The van der Waals surface area contributed by atoms with Crippen LogP contribution in [-0.4, -0.2) is 4.98 Å². The van der Waals surface area contributed by atoms with Gasteiger partial charge in [0.15, 0.2) is 5.89 Å². The molecule has 0 saturated heterocycles. The summed E-state index contributed by atoms with van der Waals surface area (Å²) in [6, 6.07) is 0. The number of halogens is 3. The fraction of sp³-hybridized carbons (Fsp3) is 0.571. The molecule has 0 aliphatic rings. The molecule has 0 saturated carbocycles. The molecule has 0 bridgehead atoms. The van der Waals surface area contributed by atoms with E-state index in [-0.39, 0.29) is 11.6 Å².